The van der Waals surface area contributed by atoms with Gasteiger partial charge in [0.2, 0.25) is 0 Å². The molecule has 0 atom stereocenters. The summed E-state index contributed by atoms with van der Waals surface area (Å²) < 4.78 is 92.4. The smallest absolute Gasteiger partial charge is 0.179 e. The molecule has 2 aromatic heterocycles. The van der Waals surface area contributed by atoms with Gasteiger partial charge < -0.3 is 9.13 Å². The minimum absolute atomic E-state index is 0.0250. The number of nitrogens with zero attached hydrogens (tertiary/aromatic N) is 2. The molecule has 0 fully saturated rings. The standard InChI is InChI=1S/C54H38N2Si/c1-6-19-40(20-7-1)55-50-32-17-16-29-47(50)48-37-38-51-52(54(48)55)49-31-18-30-46(53(49)56(51)41-21-8-2-9-22-41)39-33-35-45(36-34-39)57(42-23-10-3-11-24-42,43-25-12-4-13-26-43)44-27-14-5-15-28-44/h1-38H/i1D,2D,6D,7D,8D,9D,19D,20D,21D,22D. The van der Waals surface area contributed by atoms with Crippen molar-refractivity contribution in [3.05, 3.63) is 230 Å². The number of para-hydroxylation sites is 4. The highest BCUT2D eigenvalue weighted by Gasteiger charge is 2.41. The van der Waals surface area contributed by atoms with Crippen molar-refractivity contribution >= 4 is 72.4 Å². The second-order valence-corrected chi connectivity index (χ2v) is 17.9. The van der Waals surface area contributed by atoms with Gasteiger partial charge in [0.15, 0.2) is 8.07 Å². The van der Waals surface area contributed by atoms with Gasteiger partial charge in [-0.25, -0.2) is 0 Å². The van der Waals surface area contributed by atoms with Gasteiger partial charge in [-0.2, -0.15) is 0 Å². The number of hydrogen-bond donors (Lipinski definition) is 0. The third-order valence-corrected chi connectivity index (χ3v) is 16.1. The Labute approximate surface area is 347 Å². The van der Waals surface area contributed by atoms with E-state index in [9.17, 15) is 2.74 Å². The first-order chi connectivity index (χ1) is 32.5. The summed E-state index contributed by atoms with van der Waals surface area (Å²) in [5, 5.41) is 7.64. The van der Waals surface area contributed by atoms with Gasteiger partial charge in [0, 0.05) is 38.5 Å². The average Bonchev–Trinajstić information content (AvgIpc) is 3.88. The lowest BCUT2D eigenvalue weighted by Crippen LogP contribution is -2.74. The maximum Gasteiger partial charge on any atom is 0.179 e. The van der Waals surface area contributed by atoms with Gasteiger partial charge in [-0.3, -0.25) is 0 Å². The first-order valence-corrected chi connectivity index (χ1v) is 20.9. The predicted octanol–water partition coefficient (Wildman–Crippen LogP) is 10.9. The van der Waals surface area contributed by atoms with Crippen LogP contribution >= 0.6 is 0 Å². The molecule has 11 aromatic rings. The Hall–Kier alpha value is -7.20. The number of hydrogen-bond acceptors (Lipinski definition) is 0. The molecule has 0 aliphatic heterocycles. The minimum atomic E-state index is -2.89. The monoisotopic (exact) mass is 752 g/mol. The molecule has 0 N–H and O–H groups in total. The van der Waals surface area contributed by atoms with Gasteiger partial charge in [0.25, 0.3) is 0 Å². The largest absolute Gasteiger partial charge is 0.309 e. The summed E-state index contributed by atoms with van der Waals surface area (Å²) >= 11 is 0. The molecule has 0 spiro atoms. The first kappa shape index (κ1) is 24.3. The van der Waals surface area contributed by atoms with Crippen LogP contribution in [0.5, 0.6) is 0 Å². The van der Waals surface area contributed by atoms with Gasteiger partial charge in [-0.1, -0.05) is 194 Å². The molecule has 0 saturated carbocycles. The Kier molecular flexibility index (Phi) is 5.77. The van der Waals surface area contributed by atoms with Crippen molar-refractivity contribution in [2.24, 2.45) is 0 Å². The first-order valence-electron chi connectivity index (χ1n) is 23.9. The Bertz CT molecular complexity index is 3640. The van der Waals surface area contributed by atoms with Crippen LogP contribution in [0.25, 0.3) is 66.1 Å². The molecule has 268 valence electrons. The third kappa shape index (κ3) is 5.10. The van der Waals surface area contributed by atoms with E-state index in [1.807, 2.05) is 72.8 Å². The molecule has 0 unspecified atom stereocenters. The maximum atomic E-state index is 9.33. The van der Waals surface area contributed by atoms with Crippen LogP contribution in [0.4, 0.5) is 0 Å². The molecule has 2 nitrogen and oxygen atoms in total. The van der Waals surface area contributed by atoms with Crippen LogP contribution in [0.1, 0.15) is 13.7 Å². The van der Waals surface area contributed by atoms with E-state index in [4.69, 9.17) is 11.0 Å². The van der Waals surface area contributed by atoms with E-state index in [-0.39, 0.29) is 35.5 Å². The van der Waals surface area contributed by atoms with Gasteiger partial charge in [0.1, 0.15) is 0 Å². The number of rotatable bonds is 7. The van der Waals surface area contributed by atoms with Crippen molar-refractivity contribution in [3.8, 4) is 22.5 Å². The number of benzene rings is 9. The molecule has 3 heteroatoms. The summed E-state index contributed by atoms with van der Waals surface area (Å²) in [4.78, 5) is 0. The summed E-state index contributed by atoms with van der Waals surface area (Å²) in [5.41, 5.74) is 3.73. The summed E-state index contributed by atoms with van der Waals surface area (Å²) in [5.74, 6) is 0. The average molecular weight is 753 g/mol. The van der Waals surface area contributed by atoms with Crippen LogP contribution in [0, 0.1) is 0 Å². The Morgan fingerprint density at radius 1 is 0.351 bits per heavy atom. The summed E-state index contributed by atoms with van der Waals surface area (Å²) in [7, 11) is -2.89. The predicted molar refractivity (Wildman–Crippen MR) is 244 cm³/mol. The second-order valence-electron chi connectivity index (χ2n) is 14.1. The summed E-state index contributed by atoms with van der Waals surface area (Å²) in [6.07, 6.45) is 0. The van der Waals surface area contributed by atoms with E-state index in [0.717, 1.165) is 27.1 Å². The van der Waals surface area contributed by atoms with Gasteiger partial charge >= 0.3 is 0 Å². The lowest BCUT2D eigenvalue weighted by Gasteiger charge is -2.34. The van der Waals surface area contributed by atoms with Crippen molar-refractivity contribution in [2.45, 2.75) is 0 Å². The van der Waals surface area contributed by atoms with Crippen LogP contribution in [0.3, 0.4) is 0 Å². The molecule has 2 heterocycles. The van der Waals surface area contributed by atoms with E-state index in [1.165, 1.54) is 15.6 Å². The fraction of sp³-hybridized carbons (Fsp3) is 0. The SMILES string of the molecule is [2H]c1c([2H])c([2H])c(-n2c3ccc4c5ccccc5n(-c5c([2H])c([2H])c([2H])c([2H])c5[2H])c4c3c3cccc(-c4ccc([Si](c5ccccc5)(c5ccccc5)c5ccccc5)cc4)c32)c([2H])c1[2H]. The highest BCUT2D eigenvalue weighted by molar-refractivity contribution is 7.19. The fourth-order valence-electron chi connectivity index (χ4n) is 8.98. The van der Waals surface area contributed by atoms with E-state index < -0.39 is 44.3 Å². The van der Waals surface area contributed by atoms with Crippen LogP contribution in [-0.4, -0.2) is 17.2 Å². The highest BCUT2D eigenvalue weighted by Crippen LogP contribution is 2.44. The van der Waals surface area contributed by atoms with Crippen molar-refractivity contribution in [1.29, 1.82) is 0 Å². The zero-order valence-electron chi connectivity index (χ0n) is 40.6. The van der Waals surface area contributed by atoms with E-state index in [1.54, 1.807) is 9.13 Å². The van der Waals surface area contributed by atoms with Gasteiger partial charge in [0.05, 0.1) is 35.8 Å². The van der Waals surface area contributed by atoms with Crippen molar-refractivity contribution < 1.29 is 13.7 Å². The molecule has 0 aliphatic carbocycles. The van der Waals surface area contributed by atoms with Crippen molar-refractivity contribution in [1.82, 2.24) is 9.13 Å². The zero-order chi connectivity index (χ0) is 46.5. The van der Waals surface area contributed by atoms with Gasteiger partial charge in [-0.05, 0) is 62.6 Å². The molecule has 0 amide bonds. The van der Waals surface area contributed by atoms with Crippen molar-refractivity contribution in [2.75, 3.05) is 0 Å². The molecule has 0 radical (unpaired) electrons. The molecule has 0 bridgehead atoms. The van der Waals surface area contributed by atoms with Crippen LogP contribution in [-0.2, 0) is 0 Å². The van der Waals surface area contributed by atoms with E-state index in [2.05, 4.69) is 97.1 Å². The molecule has 9 aromatic carbocycles. The van der Waals surface area contributed by atoms with E-state index >= 15 is 0 Å². The normalized spacial score (nSPS) is 14.3. The zero-order valence-corrected chi connectivity index (χ0v) is 31.6. The Morgan fingerprint density at radius 3 is 1.42 bits per heavy atom. The molecule has 57 heavy (non-hydrogen) atoms. The Balaban J connectivity index is 1.27. The van der Waals surface area contributed by atoms with Crippen LogP contribution < -0.4 is 20.7 Å². The van der Waals surface area contributed by atoms with Crippen molar-refractivity contribution in [3.63, 3.8) is 0 Å². The lowest BCUT2D eigenvalue weighted by molar-refractivity contribution is 1.17. The second kappa shape index (κ2) is 13.5. The minimum Gasteiger partial charge on any atom is -0.309 e. The maximum absolute atomic E-state index is 9.33. The molecule has 0 aliphatic rings. The summed E-state index contributed by atoms with van der Waals surface area (Å²) in [6.45, 7) is 0. The number of aromatic nitrogens is 2. The molecular weight excluding hydrogens is 705 g/mol. The van der Waals surface area contributed by atoms with E-state index in [0.29, 0.717) is 32.8 Å². The summed E-state index contributed by atoms with van der Waals surface area (Å²) in [6, 6.07) is 53.2. The lowest BCUT2D eigenvalue weighted by atomic mass is 10.0. The van der Waals surface area contributed by atoms with Crippen LogP contribution in [0.15, 0.2) is 230 Å². The molecular formula is C54H38N2Si. The number of fused-ring (bicyclic) bond motifs is 7. The fourth-order valence-corrected chi connectivity index (χ4v) is 13.7. The topological polar surface area (TPSA) is 9.86 Å². The van der Waals surface area contributed by atoms with Crippen LogP contribution in [0.2, 0.25) is 0 Å². The molecule has 0 saturated heterocycles. The Morgan fingerprint density at radius 2 is 0.842 bits per heavy atom. The quantitative estimate of drug-likeness (QED) is 0.113. The third-order valence-electron chi connectivity index (χ3n) is 11.3. The molecule has 11 rings (SSSR count). The van der Waals surface area contributed by atoms with Gasteiger partial charge in [-0.15, -0.1) is 0 Å². The highest BCUT2D eigenvalue weighted by atomic mass is 28.3.